The van der Waals surface area contributed by atoms with Crippen LogP contribution >= 0.6 is 0 Å². The Bertz CT molecular complexity index is 591. The van der Waals surface area contributed by atoms with Crippen molar-refractivity contribution < 1.29 is 4.79 Å². The highest BCUT2D eigenvalue weighted by Gasteiger charge is 2.30. The van der Waals surface area contributed by atoms with Gasteiger partial charge in [0.05, 0.1) is 0 Å². The fraction of sp³-hybridized carbons (Fsp3) is 0.550. The quantitative estimate of drug-likeness (QED) is 0.846. The average molecular weight is 312 g/mol. The molecule has 0 radical (unpaired) electrons. The first-order chi connectivity index (χ1) is 11.0. The third-order valence-corrected chi connectivity index (χ3v) is 5.26. The van der Waals surface area contributed by atoms with Crippen molar-refractivity contribution in [2.75, 3.05) is 13.1 Å². The van der Waals surface area contributed by atoms with Crippen molar-refractivity contribution in [3.63, 3.8) is 0 Å². The molecule has 3 nitrogen and oxygen atoms in total. The second-order valence-corrected chi connectivity index (χ2v) is 7.50. The maximum absolute atomic E-state index is 12.2. The summed E-state index contributed by atoms with van der Waals surface area (Å²) in [5.41, 5.74) is 2.88. The number of carbonyl (C=O) groups excluding carboxylic acids is 1. The number of amides is 1. The number of fused-ring (bicyclic) bond motifs is 1. The first kappa shape index (κ1) is 16.3. The fourth-order valence-corrected chi connectivity index (χ4v) is 3.61. The molecule has 23 heavy (non-hydrogen) atoms. The molecule has 124 valence electrons. The molecule has 0 saturated heterocycles. The maximum atomic E-state index is 12.2. The van der Waals surface area contributed by atoms with Gasteiger partial charge in [-0.3, -0.25) is 9.69 Å². The van der Waals surface area contributed by atoms with Crippen LogP contribution in [0.2, 0.25) is 0 Å². The predicted molar refractivity (Wildman–Crippen MR) is 94.1 cm³/mol. The van der Waals surface area contributed by atoms with Gasteiger partial charge >= 0.3 is 0 Å². The molecule has 1 heterocycles. The molecular formula is C20H28N2O. The summed E-state index contributed by atoms with van der Waals surface area (Å²) in [6, 6.07) is 8.70. The van der Waals surface area contributed by atoms with E-state index in [2.05, 4.69) is 60.5 Å². The summed E-state index contributed by atoms with van der Waals surface area (Å²) in [7, 11) is 0. The van der Waals surface area contributed by atoms with Gasteiger partial charge in [-0.2, -0.15) is 0 Å². The Hall–Kier alpha value is -1.61. The number of carbonyl (C=O) groups is 1. The number of benzene rings is 1. The summed E-state index contributed by atoms with van der Waals surface area (Å²) in [6.07, 6.45) is 8.35. The number of hydrogen-bond donors (Lipinski definition) is 1. The Morgan fingerprint density at radius 2 is 2.09 bits per heavy atom. The molecule has 3 heteroatoms. The molecule has 0 spiro atoms. The standard InChI is InChI=1S/C20H28N2O/c1-20(2,15-21-19(23)13-16-7-3-4-8-16)22-12-11-17-9-5-6-10-18(17)14-22/h3,5-7,9-10,16H,4,8,11-15H2,1-2H3,(H,21,23)/t16-/m1/s1. The molecular weight excluding hydrogens is 284 g/mol. The fourth-order valence-electron chi connectivity index (χ4n) is 3.61. The van der Waals surface area contributed by atoms with Crippen LogP contribution in [0.25, 0.3) is 0 Å². The van der Waals surface area contributed by atoms with Gasteiger partial charge in [0.2, 0.25) is 5.91 Å². The lowest BCUT2D eigenvalue weighted by atomic mass is 9.94. The summed E-state index contributed by atoms with van der Waals surface area (Å²) in [5, 5.41) is 3.16. The van der Waals surface area contributed by atoms with E-state index in [1.54, 1.807) is 0 Å². The molecule has 1 aromatic rings. The van der Waals surface area contributed by atoms with Crippen LogP contribution < -0.4 is 5.32 Å². The van der Waals surface area contributed by atoms with Crippen LogP contribution in [0.1, 0.15) is 44.2 Å². The highest BCUT2D eigenvalue weighted by atomic mass is 16.1. The number of nitrogens with one attached hydrogen (secondary N) is 1. The first-order valence-corrected chi connectivity index (χ1v) is 8.80. The minimum Gasteiger partial charge on any atom is -0.354 e. The Kier molecular flexibility index (Phi) is 4.86. The van der Waals surface area contributed by atoms with Crippen LogP contribution in [0.4, 0.5) is 0 Å². The third kappa shape index (κ3) is 4.03. The topological polar surface area (TPSA) is 32.3 Å². The number of nitrogens with zero attached hydrogens (tertiary/aromatic N) is 1. The Balaban J connectivity index is 1.52. The summed E-state index contributed by atoms with van der Waals surface area (Å²) < 4.78 is 0. The summed E-state index contributed by atoms with van der Waals surface area (Å²) in [6.45, 7) is 7.22. The molecule has 3 rings (SSSR count). The first-order valence-electron chi connectivity index (χ1n) is 8.80. The molecule has 0 unspecified atom stereocenters. The lowest BCUT2D eigenvalue weighted by molar-refractivity contribution is -0.122. The smallest absolute Gasteiger partial charge is 0.220 e. The molecule has 2 aliphatic rings. The van der Waals surface area contributed by atoms with Crippen LogP contribution in [0.5, 0.6) is 0 Å². The van der Waals surface area contributed by atoms with E-state index in [0.29, 0.717) is 18.9 Å². The van der Waals surface area contributed by atoms with Crippen molar-refractivity contribution in [1.29, 1.82) is 0 Å². The third-order valence-electron chi connectivity index (χ3n) is 5.26. The van der Waals surface area contributed by atoms with E-state index in [4.69, 9.17) is 0 Å². The van der Waals surface area contributed by atoms with E-state index in [1.165, 1.54) is 11.1 Å². The van der Waals surface area contributed by atoms with E-state index in [-0.39, 0.29) is 11.4 Å². The Labute approximate surface area is 139 Å². The minimum absolute atomic E-state index is 0.0191. The van der Waals surface area contributed by atoms with Gasteiger partial charge in [0, 0.05) is 31.6 Å². The van der Waals surface area contributed by atoms with E-state index in [1.807, 2.05) is 0 Å². The van der Waals surface area contributed by atoms with E-state index >= 15 is 0 Å². The zero-order chi connectivity index (χ0) is 16.3. The van der Waals surface area contributed by atoms with Crippen molar-refractivity contribution in [2.45, 2.75) is 51.6 Å². The molecule has 1 N–H and O–H groups in total. The van der Waals surface area contributed by atoms with Gasteiger partial charge in [0.15, 0.2) is 0 Å². The zero-order valence-electron chi connectivity index (χ0n) is 14.3. The van der Waals surface area contributed by atoms with Crippen molar-refractivity contribution in [3.05, 3.63) is 47.5 Å². The molecule has 1 amide bonds. The lowest BCUT2D eigenvalue weighted by Gasteiger charge is -2.41. The monoisotopic (exact) mass is 312 g/mol. The van der Waals surface area contributed by atoms with Crippen molar-refractivity contribution in [1.82, 2.24) is 10.2 Å². The number of rotatable bonds is 5. The molecule has 0 aromatic heterocycles. The molecule has 1 aliphatic carbocycles. The zero-order valence-corrected chi connectivity index (χ0v) is 14.3. The molecule has 0 fully saturated rings. The van der Waals surface area contributed by atoms with E-state index in [9.17, 15) is 4.79 Å². The highest BCUT2D eigenvalue weighted by Crippen LogP contribution is 2.25. The van der Waals surface area contributed by atoms with Crippen LogP contribution in [-0.4, -0.2) is 29.4 Å². The molecule has 0 bridgehead atoms. The average Bonchev–Trinajstić information content (AvgIpc) is 3.05. The van der Waals surface area contributed by atoms with Crippen LogP contribution in [0.3, 0.4) is 0 Å². The van der Waals surface area contributed by atoms with Crippen LogP contribution in [-0.2, 0) is 17.8 Å². The largest absolute Gasteiger partial charge is 0.354 e. The normalized spacial score (nSPS) is 21.2. The van der Waals surface area contributed by atoms with Crippen molar-refractivity contribution >= 4 is 5.91 Å². The maximum Gasteiger partial charge on any atom is 0.220 e. The van der Waals surface area contributed by atoms with Crippen molar-refractivity contribution in [3.8, 4) is 0 Å². The van der Waals surface area contributed by atoms with Gasteiger partial charge in [-0.15, -0.1) is 0 Å². The van der Waals surface area contributed by atoms with Crippen molar-refractivity contribution in [2.24, 2.45) is 5.92 Å². The second kappa shape index (κ2) is 6.88. The van der Waals surface area contributed by atoms with Crippen LogP contribution in [0, 0.1) is 5.92 Å². The van der Waals surface area contributed by atoms with E-state index in [0.717, 1.165) is 32.4 Å². The minimum atomic E-state index is -0.0191. The van der Waals surface area contributed by atoms with E-state index < -0.39 is 0 Å². The van der Waals surface area contributed by atoms with Gasteiger partial charge < -0.3 is 5.32 Å². The van der Waals surface area contributed by atoms with Gasteiger partial charge in [0.25, 0.3) is 0 Å². The SMILES string of the molecule is CC(C)(CNC(=O)C[C@@H]1C=CCC1)N1CCc2ccccc2C1. The highest BCUT2D eigenvalue weighted by molar-refractivity contribution is 5.76. The Morgan fingerprint density at radius 3 is 2.83 bits per heavy atom. The van der Waals surface area contributed by atoms with Gasteiger partial charge in [-0.1, -0.05) is 36.4 Å². The van der Waals surface area contributed by atoms with Gasteiger partial charge in [0.1, 0.15) is 0 Å². The number of allylic oxidation sites excluding steroid dienone is 2. The molecule has 0 saturated carbocycles. The molecule has 1 atom stereocenters. The van der Waals surface area contributed by atoms with Gasteiger partial charge in [-0.05, 0) is 50.2 Å². The van der Waals surface area contributed by atoms with Gasteiger partial charge in [-0.25, -0.2) is 0 Å². The number of hydrogen-bond acceptors (Lipinski definition) is 2. The summed E-state index contributed by atoms with van der Waals surface area (Å²) in [4.78, 5) is 14.7. The second-order valence-electron chi connectivity index (χ2n) is 7.50. The Morgan fingerprint density at radius 1 is 1.30 bits per heavy atom. The van der Waals surface area contributed by atoms with Crippen LogP contribution in [0.15, 0.2) is 36.4 Å². The predicted octanol–water partition coefficient (Wildman–Crippen LogP) is 3.30. The summed E-state index contributed by atoms with van der Waals surface area (Å²) >= 11 is 0. The summed E-state index contributed by atoms with van der Waals surface area (Å²) in [5.74, 6) is 0.631. The molecule has 1 aromatic carbocycles. The molecule has 1 aliphatic heterocycles. The lowest BCUT2D eigenvalue weighted by Crippen LogP contribution is -2.53.